The zero-order valence-corrected chi connectivity index (χ0v) is 14.7. The fourth-order valence-corrected chi connectivity index (χ4v) is 2.40. The molecule has 0 N–H and O–H groups in total. The zero-order valence-electron chi connectivity index (χ0n) is 14.0. The Balaban J connectivity index is 2.08. The van der Waals surface area contributed by atoms with Crippen molar-refractivity contribution < 1.29 is 14.3 Å². The molecule has 1 amide bonds. The summed E-state index contributed by atoms with van der Waals surface area (Å²) in [5.41, 5.74) is 1.71. The van der Waals surface area contributed by atoms with Gasteiger partial charge in [0, 0.05) is 36.3 Å². The Morgan fingerprint density at radius 3 is 2.58 bits per heavy atom. The molecule has 0 saturated carbocycles. The molecule has 126 valence electrons. The van der Waals surface area contributed by atoms with Gasteiger partial charge in [-0.2, -0.15) is 0 Å². The van der Waals surface area contributed by atoms with Crippen molar-refractivity contribution in [2.45, 2.75) is 6.54 Å². The number of carbonyl (C=O) groups excluding carboxylic acids is 1. The van der Waals surface area contributed by atoms with Crippen LogP contribution in [0.1, 0.15) is 11.1 Å². The maximum Gasteiger partial charge on any atom is 0.246 e. The van der Waals surface area contributed by atoms with E-state index in [0.29, 0.717) is 23.1 Å². The lowest BCUT2D eigenvalue weighted by molar-refractivity contribution is -0.125. The maximum atomic E-state index is 12.3. The van der Waals surface area contributed by atoms with Gasteiger partial charge < -0.3 is 14.4 Å². The van der Waals surface area contributed by atoms with Gasteiger partial charge in [0.05, 0.1) is 14.2 Å². The van der Waals surface area contributed by atoms with E-state index in [9.17, 15) is 4.79 Å². The van der Waals surface area contributed by atoms with Crippen molar-refractivity contribution in [3.8, 4) is 11.5 Å². The summed E-state index contributed by atoms with van der Waals surface area (Å²) >= 11 is 6.13. The molecule has 5 heteroatoms. The first kappa shape index (κ1) is 17.9. The number of amides is 1. The van der Waals surface area contributed by atoms with Crippen LogP contribution in [0.15, 0.2) is 48.5 Å². The number of nitrogens with zero attached hydrogens (tertiary/aromatic N) is 1. The monoisotopic (exact) mass is 345 g/mol. The quantitative estimate of drug-likeness (QED) is 0.742. The molecule has 0 heterocycles. The highest BCUT2D eigenvalue weighted by Gasteiger charge is 2.09. The van der Waals surface area contributed by atoms with E-state index in [1.54, 1.807) is 38.3 Å². The van der Waals surface area contributed by atoms with Crippen LogP contribution in [0, 0.1) is 0 Å². The number of carbonyl (C=O) groups is 1. The second-order valence-electron chi connectivity index (χ2n) is 5.23. The predicted molar refractivity (Wildman–Crippen MR) is 96.5 cm³/mol. The first-order valence-electron chi connectivity index (χ1n) is 7.43. The van der Waals surface area contributed by atoms with Crippen molar-refractivity contribution in [3.63, 3.8) is 0 Å². The Kier molecular flexibility index (Phi) is 6.27. The predicted octanol–water partition coefficient (Wildman–Crippen LogP) is 4.03. The third-order valence-corrected chi connectivity index (χ3v) is 3.96. The second kappa shape index (κ2) is 8.41. The standard InChI is InChI=1S/C19H20ClNO3/c1-21(13-15-6-4-5-7-17(15)20)19(22)11-9-14-8-10-16(23-2)12-18(14)24-3/h4-12H,13H2,1-3H3/b11-9+. The van der Waals surface area contributed by atoms with Crippen LogP contribution < -0.4 is 9.47 Å². The molecule has 2 rings (SSSR count). The molecular weight excluding hydrogens is 326 g/mol. The van der Waals surface area contributed by atoms with E-state index in [-0.39, 0.29) is 5.91 Å². The normalized spacial score (nSPS) is 10.7. The minimum absolute atomic E-state index is 0.118. The summed E-state index contributed by atoms with van der Waals surface area (Å²) in [6.07, 6.45) is 3.24. The summed E-state index contributed by atoms with van der Waals surface area (Å²) in [5, 5.41) is 0.651. The summed E-state index contributed by atoms with van der Waals surface area (Å²) in [6, 6.07) is 12.9. The summed E-state index contributed by atoms with van der Waals surface area (Å²) in [7, 11) is 4.91. The van der Waals surface area contributed by atoms with Gasteiger partial charge in [-0.15, -0.1) is 0 Å². The molecule has 0 aliphatic rings. The SMILES string of the molecule is COc1ccc(/C=C/C(=O)N(C)Cc2ccccc2Cl)c(OC)c1. The fraction of sp³-hybridized carbons (Fsp3) is 0.211. The lowest BCUT2D eigenvalue weighted by atomic mass is 10.1. The molecule has 4 nitrogen and oxygen atoms in total. The van der Waals surface area contributed by atoms with Gasteiger partial charge >= 0.3 is 0 Å². The van der Waals surface area contributed by atoms with E-state index < -0.39 is 0 Å². The molecule has 0 aliphatic carbocycles. The third kappa shape index (κ3) is 4.52. The molecule has 0 aliphatic heterocycles. The van der Waals surface area contributed by atoms with E-state index in [0.717, 1.165) is 11.1 Å². The Labute approximate surface area is 147 Å². The molecule has 2 aromatic rings. The minimum atomic E-state index is -0.118. The maximum absolute atomic E-state index is 12.3. The summed E-state index contributed by atoms with van der Waals surface area (Å²) in [4.78, 5) is 13.9. The van der Waals surface area contributed by atoms with E-state index in [2.05, 4.69) is 0 Å². The Bertz CT molecular complexity index is 743. The van der Waals surface area contributed by atoms with Gasteiger partial charge in [0.1, 0.15) is 11.5 Å². The number of likely N-dealkylation sites (N-methyl/N-ethyl adjacent to an activating group) is 1. The van der Waals surface area contributed by atoms with Crippen LogP contribution in [-0.2, 0) is 11.3 Å². The number of benzene rings is 2. The first-order valence-corrected chi connectivity index (χ1v) is 7.81. The molecule has 0 saturated heterocycles. The van der Waals surface area contributed by atoms with Crippen LogP contribution >= 0.6 is 11.6 Å². The van der Waals surface area contributed by atoms with Crippen molar-refractivity contribution in [2.24, 2.45) is 0 Å². The number of rotatable bonds is 6. The average molecular weight is 346 g/mol. The highest BCUT2D eigenvalue weighted by molar-refractivity contribution is 6.31. The van der Waals surface area contributed by atoms with Gasteiger partial charge in [0.15, 0.2) is 0 Å². The minimum Gasteiger partial charge on any atom is -0.497 e. The lowest BCUT2D eigenvalue weighted by Gasteiger charge is -2.16. The Hall–Kier alpha value is -2.46. The van der Waals surface area contributed by atoms with Gasteiger partial charge in [0.25, 0.3) is 0 Å². The average Bonchev–Trinajstić information content (AvgIpc) is 2.61. The molecule has 24 heavy (non-hydrogen) atoms. The lowest BCUT2D eigenvalue weighted by Crippen LogP contribution is -2.24. The van der Waals surface area contributed by atoms with E-state index in [4.69, 9.17) is 21.1 Å². The second-order valence-corrected chi connectivity index (χ2v) is 5.63. The smallest absolute Gasteiger partial charge is 0.246 e. The van der Waals surface area contributed by atoms with E-state index in [1.165, 1.54) is 6.08 Å². The number of halogens is 1. The van der Waals surface area contributed by atoms with Gasteiger partial charge in [-0.3, -0.25) is 4.79 Å². The summed E-state index contributed by atoms with van der Waals surface area (Å²) in [5.74, 6) is 1.23. The molecule has 0 radical (unpaired) electrons. The van der Waals surface area contributed by atoms with Crippen molar-refractivity contribution >= 4 is 23.6 Å². The van der Waals surface area contributed by atoms with Gasteiger partial charge in [-0.1, -0.05) is 29.8 Å². The third-order valence-electron chi connectivity index (χ3n) is 3.59. The van der Waals surface area contributed by atoms with Crippen molar-refractivity contribution in [1.82, 2.24) is 4.90 Å². The van der Waals surface area contributed by atoms with Gasteiger partial charge in [-0.25, -0.2) is 0 Å². The van der Waals surface area contributed by atoms with E-state index in [1.807, 2.05) is 36.4 Å². The molecular formula is C19H20ClNO3. The number of hydrogen-bond donors (Lipinski definition) is 0. The Morgan fingerprint density at radius 2 is 1.92 bits per heavy atom. The highest BCUT2D eigenvalue weighted by Crippen LogP contribution is 2.25. The zero-order chi connectivity index (χ0) is 17.5. The highest BCUT2D eigenvalue weighted by atomic mass is 35.5. The molecule has 0 bridgehead atoms. The molecule has 0 aromatic heterocycles. The first-order chi connectivity index (χ1) is 11.5. The van der Waals surface area contributed by atoms with Crippen LogP contribution in [0.4, 0.5) is 0 Å². The number of methoxy groups -OCH3 is 2. The topological polar surface area (TPSA) is 38.8 Å². The molecule has 0 unspecified atom stereocenters. The van der Waals surface area contributed by atoms with Crippen LogP contribution in [0.2, 0.25) is 5.02 Å². The van der Waals surface area contributed by atoms with Crippen molar-refractivity contribution in [3.05, 3.63) is 64.7 Å². The molecule has 0 atom stereocenters. The summed E-state index contributed by atoms with van der Waals surface area (Å²) < 4.78 is 10.5. The molecule has 2 aromatic carbocycles. The Morgan fingerprint density at radius 1 is 1.17 bits per heavy atom. The van der Waals surface area contributed by atoms with Crippen molar-refractivity contribution in [1.29, 1.82) is 0 Å². The van der Waals surface area contributed by atoms with Crippen molar-refractivity contribution in [2.75, 3.05) is 21.3 Å². The number of ether oxygens (including phenoxy) is 2. The summed E-state index contributed by atoms with van der Waals surface area (Å²) in [6.45, 7) is 0.447. The fourth-order valence-electron chi connectivity index (χ4n) is 2.20. The van der Waals surface area contributed by atoms with Crippen LogP contribution in [0.5, 0.6) is 11.5 Å². The largest absolute Gasteiger partial charge is 0.497 e. The molecule has 0 spiro atoms. The molecule has 0 fully saturated rings. The van der Waals surface area contributed by atoms with Crippen LogP contribution in [0.3, 0.4) is 0 Å². The van der Waals surface area contributed by atoms with Gasteiger partial charge in [0.2, 0.25) is 5.91 Å². The van der Waals surface area contributed by atoms with E-state index >= 15 is 0 Å². The van der Waals surface area contributed by atoms with Crippen LogP contribution in [-0.4, -0.2) is 32.1 Å². The van der Waals surface area contributed by atoms with Crippen LogP contribution in [0.25, 0.3) is 6.08 Å². The number of hydrogen-bond acceptors (Lipinski definition) is 3. The van der Waals surface area contributed by atoms with Gasteiger partial charge in [-0.05, 0) is 29.8 Å².